The van der Waals surface area contributed by atoms with Crippen LogP contribution in [0.2, 0.25) is 5.02 Å². The first-order valence-electron chi connectivity index (χ1n) is 5.89. The third kappa shape index (κ3) is 3.21. The van der Waals surface area contributed by atoms with Crippen LogP contribution in [0.1, 0.15) is 25.3 Å². The van der Waals surface area contributed by atoms with Gasteiger partial charge in [-0.25, -0.2) is 0 Å². The van der Waals surface area contributed by atoms with Gasteiger partial charge in [-0.05, 0) is 43.9 Å². The Morgan fingerprint density at radius 3 is 2.56 bits per heavy atom. The van der Waals surface area contributed by atoms with Crippen LogP contribution in [-0.4, -0.2) is 18.1 Å². The molecule has 0 radical (unpaired) electrons. The SMILES string of the molecule is CC(Cc1ccc(Cl)cc1)NC1CC(N)C1. The zero-order valence-corrected chi connectivity index (χ0v) is 10.4. The zero-order chi connectivity index (χ0) is 11.5. The van der Waals surface area contributed by atoms with Gasteiger partial charge in [0.15, 0.2) is 0 Å². The van der Waals surface area contributed by atoms with E-state index in [-0.39, 0.29) is 0 Å². The Hall–Kier alpha value is -0.570. The minimum absolute atomic E-state index is 0.417. The van der Waals surface area contributed by atoms with Crippen molar-refractivity contribution in [2.45, 2.75) is 44.3 Å². The molecule has 1 aromatic carbocycles. The van der Waals surface area contributed by atoms with Crippen LogP contribution in [-0.2, 0) is 6.42 Å². The lowest BCUT2D eigenvalue weighted by Gasteiger charge is -2.35. The number of hydrogen-bond donors (Lipinski definition) is 2. The molecule has 1 aromatic rings. The number of rotatable bonds is 4. The summed E-state index contributed by atoms with van der Waals surface area (Å²) < 4.78 is 0. The molecule has 1 aliphatic carbocycles. The summed E-state index contributed by atoms with van der Waals surface area (Å²) in [7, 11) is 0. The van der Waals surface area contributed by atoms with E-state index in [1.54, 1.807) is 0 Å². The van der Waals surface area contributed by atoms with Crippen molar-refractivity contribution in [2.24, 2.45) is 5.73 Å². The highest BCUT2D eigenvalue weighted by atomic mass is 35.5. The van der Waals surface area contributed by atoms with Crippen LogP contribution in [0.15, 0.2) is 24.3 Å². The number of benzene rings is 1. The average molecular weight is 239 g/mol. The second kappa shape index (κ2) is 5.17. The average Bonchev–Trinajstić information content (AvgIpc) is 2.19. The van der Waals surface area contributed by atoms with Crippen molar-refractivity contribution in [1.29, 1.82) is 0 Å². The first-order chi connectivity index (χ1) is 7.63. The fraction of sp³-hybridized carbons (Fsp3) is 0.538. The van der Waals surface area contributed by atoms with Gasteiger partial charge in [-0.15, -0.1) is 0 Å². The number of nitrogens with two attached hydrogens (primary N) is 1. The van der Waals surface area contributed by atoms with Crippen LogP contribution >= 0.6 is 11.6 Å². The molecule has 0 bridgehead atoms. The lowest BCUT2D eigenvalue weighted by atomic mass is 9.87. The van der Waals surface area contributed by atoms with E-state index in [1.165, 1.54) is 5.56 Å². The molecule has 0 heterocycles. The molecule has 1 unspecified atom stereocenters. The highest BCUT2D eigenvalue weighted by Crippen LogP contribution is 2.19. The number of hydrogen-bond acceptors (Lipinski definition) is 2. The van der Waals surface area contributed by atoms with Gasteiger partial charge in [0, 0.05) is 23.1 Å². The lowest BCUT2D eigenvalue weighted by Crippen LogP contribution is -2.51. The maximum absolute atomic E-state index is 5.85. The topological polar surface area (TPSA) is 38.0 Å². The molecule has 0 saturated heterocycles. The summed E-state index contributed by atoms with van der Waals surface area (Å²) in [5.41, 5.74) is 7.09. The van der Waals surface area contributed by atoms with Gasteiger partial charge in [-0.3, -0.25) is 0 Å². The molecule has 3 N–H and O–H groups in total. The Balaban J connectivity index is 1.78. The molecule has 0 amide bonds. The van der Waals surface area contributed by atoms with Crippen molar-refractivity contribution in [2.75, 3.05) is 0 Å². The number of nitrogens with one attached hydrogen (secondary N) is 1. The summed E-state index contributed by atoms with van der Waals surface area (Å²) in [5, 5.41) is 4.40. The fourth-order valence-corrected chi connectivity index (χ4v) is 2.36. The summed E-state index contributed by atoms with van der Waals surface area (Å²) in [6, 6.07) is 9.61. The number of halogens is 1. The monoisotopic (exact) mass is 238 g/mol. The van der Waals surface area contributed by atoms with E-state index in [9.17, 15) is 0 Å². The normalized spacial score (nSPS) is 26.2. The van der Waals surface area contributed by atoms with Gasteiger partial charge in [-0.1, -0.05) is 23.7 Å². The van der Waals surface area contributed by atoms with E-state index in [4.69, 9.17) is 17.3 Å². The fourth-order valence-electron chi connectivity index (χ4n) is 2.23. The van der Waals surface area contributed by atoms with Crippen molar-refractivity contribution >= 4 is 11.6 Å². The Morgan fingerprint density at radius 1 is 1.38 bits per heavy atom. The third-order valence-corrected chi connectivity index (χ3v) is 3.40. The van der Waals surface area contributed by atoms with Crippen LogP contribution in [0.4, 0.5) is 0 Å². The Bertz CT molecular complexity index is 330. The van der Waals surface area contributed by atoms with Gasteiger partial charge in [0.1, 0.15) is 0 Å². The first-order valence-corrected chi connectivity index (χ1v) is 6.27. The molecule has 1 fully saturated rings. The molecule has 0 spiro atoms. The predicted molar refractivity (Wildman–Crippen MR) is 68.8 cm³/mol. The smallest absolute Gasteiger partial charge is 0.0406 e. The van der Waals surface area contributed by atoms with Gasteiger partial charge in [-0.2, -0.15) is 0 Å². The van der Waals surface area contributed by atoms with E-state index >= 15 is 0 Å². The van der Waals surface area contributed by atoms with E-state index in [2.05, 4.69) is 24.4 Å². The van der Waals surface area contributed by atoms with E-state index < -0.39 is 0 Å². The summed E-state index contributed by atoms with van der Waals surface area (Å²) in [5.74, 6) is 0. The quantitative estimate of drug-likeness (QED) is 0.845. The second-order valence-corrected chi connectivity index (χ2v) is 5.26. The summed E-state index contributed by atoms with van der Waals surface area (Å²) in [4.78, 5) is 0. The molecule has 3 heteroatoms. The zero-order valence-electron chi connectivity index (χ0n) is 9.62. The molecule has 1 aliphatic rings. The highest BCUT2D eigenvalue weighted by Gasteiger charge is 2.26. The van der Waals surface area contributed by atoms with Crippen LogP contribution < -0.4 is 11.1 Å². The van der Waals surface area contributed by atoms with Gasteiger partial charge in [0.2, 0.25) is 0 Å². The molecule has 0 aliphatic heterocycles. The maximum atomic E-state index is 5.85. The summed E-state index contributed by atoms with van der Waals surface area (Å²) >= 11 is 5.85. The molecular weight excluding hydrogens is 220 g/mol. The molecule has 88 valence electrons. The van der Waals surface area contributed by atoms with Crippen molar-refractivity contribution in [1.82, 2.24) is 5.32 Å². The van der Waals surface area contributed by atoms with Gasteiger partial charge < -0.3 is 11.1 Å². The Morgan fingerprint density at radius 2 is 2.00 bits per heavy atom. The molecular formula is C13H19ClN2. The standard InChI is InChI=1S/C13H19ClN2/c1-9(16-13-7-12(15)8-13)6-10-2-4-11(14)5-3-10/h2-5,9,12-13,16H,6-8,15H2,1H3. The largest absolute Gasteiger partial charge is 0.328 e. The summed E-state index contributed by atoms with van der Waals surface area (Å²) in [6.07, 6.45) is 3.28. The van der Waals surface area contributed by atoms with Gasteiger partial charge >= 0.3 is 0 Å². The van der Waals surface area contributed by atoms with Crippen molar-refractivity contribution in [3.8, 4) is 0 Å². The van der Waals surface area contributed by atoms with Crippen LogP contribution in [0.5, 0.6) is 0 Å². The maximum Gasteiger partial charge on any atom is 0.0406 e. The van der Waals surface area contributed by atoms with Gasteiger partial charge in [0.05, 0.1) is 0 Å². The lowest BCUT2D eigenvalue weighted by molar-refractivity contribution is 0.270. The van der Waals surface area contributed by atoms with E-state index in [0.717, 1.165) is 24.3 Å². The molecule has 16 heavy (non-hydrogen) atoms. The molecule has 1 saturated carbocycles. The predicted octanol–water partition coefficient (Wildman–Crippen LogP) is 2.35. The second-order valence-electron chi connectivity index (χ2n) is 4.83. The van der Waals surface area contributed by atoms with Crippen LogP contribution in [0.3, 0.4) is 0 Å². The molecule has 2 rings (SSSR count). The van der Waals surface area contributed by atoms with Crippen molar-refractivity contribution < 1.29 is 0 Å². The highest BCUT2D eigenvalue weighted by molar-refractivity contribution is 6.30. The van der Waals surface area contributed by atoms with E-state index in [1.807, 2.05) is 12.1 Å². The Kier molecular flexibility index (Phi) is 3.85. The summed E-state index contributed by atoms with van der Waals surface area (Å²) in [6.45, 7) is 2.22. The van der Waals surface area contributed by atoms with Crippen LogP contribution in [0, 0.1) is 0 Å². The third-order valence-electron chi connectivity index (χ3n) is 3.15. The minimum Gasteiger partial charge on any atom is -0.328 e. The first kappa shape index (κ1) is 11.9. The minimum atomic E-state index is 0.417. The van der Waals surface area contributed by atoms with Crippen molar-refractivity contribution in [3.63, 3.8) is 0 Å². The van der Waals surface area contributed by atoms with E-state index in [0.29, 0.717) is 18.1 Å². The van der Waals surface area contributed by atoms with Crippen LogP contribution in [0.25, 0.3) is 0 Å². The van der Waals surface area contributed by atoms with Gasteiger partial charge in [0.25, 0.3) is 0 Å². The van der Waals surface area contributed by atoms with Crippen molar-refractivity contribution in [3.05, 3.63) is 34.9 Å². The molecule has 2 nitrogen and oxygen atoms in total. The molecule has 1 atom stereocenters. The Labute approximate surface area is 102 Å². The molecule has 0 aromatic heterocycles.